The average molecular weight is 512 g/mol. The van der Waals surface area contributed by atoms with E-state index in [1.807, 2.05) is 19.9 Å². The largest absolute Gasteiger partial charge is 0.462 e. The first-order chi connectivity index (χ1) is 17.1. The van der Waals surface area contributed by atoms with Gasteiger partial charge < -0.3 is 10.1 Å². The predicted molar refractivity (Wildman–Crippen MR) is 139 cm³/mol. The Morgan fingerprint density at radius 1 is 1.17 bits per heavy atom. The van der Waals surface area contributed by atoms with Gasteiger partial charge in [-0.05, 0) is 78.9 Å². The van der Waals surface area contributed by atoms with Gasteiger partial charge in [0.1, 0.15) is 11.0 Å². The second kappa shape index (κ2) is 10.4. The summed E-state index contributed by atoms with van der Waals surface area (Å²) >= 11 is 1.43. The monoisotopic (exact) mass is 511 g/mol. The van der Waals surface area contributed by atoms with Gasteiger partial charge in [-0.1, -0.05) is 6.42 Å². The number of nitrogens with one attached hydrogen (secondary N) is 1. The summed E-state index contributed by atoms with van der Waals surface area (Å²) in [6, 6.07) is 0.987. The number of carbonyl (C=O) groups is 2. The van der Waals surface area contributed by atoms with E-state index in [-0.39, 0.29) is 18.1 Å². The minimum absolute atomic E-state index is 0.253. The lowest BCUT2D eigenvalue weighted by molar-refractivity contribution is -0.118. The molecule has 1 amide bonds. The van der Waals surface area contributed by atoms with Gasteiger partial charge in [0.15, 0.2) is 0 Å². The number of carbonyl (C=O) groups excluding carboxylic acids is 2. The molecule has 3 heterocycles. The molecule has 0 radical (unpaired) electrons. The Balaban J connectivity index is 1.76. The topological polar surface area (TPSA) is 108 Å². The van der Waals surface area contributed by atoms with Gasteiger partial charge in [-0.25, -0.2) is 14.5 Å². The predicted octanol–water partition coefficient (Wildman–Crippen LogP) is 4.37. The van der Waals surface area contributed by atoms with Gasteiger partial charge >= 0.3 is 5.97 Å². The molecule has 1 aliphatic carbocycles. The summed E-state index contributed by atoms with van der Waals surface area (Å²) in [4.78, 5) is 45.6. The summed E-state index contributed by atoms with van der Waals surface area (Å²) in [6.07, 6.45) is 4.82. The van der Waals surface area contributed by atoms with Crippen molar-refractivity contribution in [3.63, 3.8) is 0 Å². The standard InChI is InChI=1S/C26H33N5O4S/c1-7-35-25(34)21-19-11-9-8-10-12-20(19)36-23(21)28-22(32)18(6)30-24(33)16(4)17(5)27-26(30)31-15(3)13-14(2)29-31/h13,18H,7-12H2,1-6H3,(H,28,32). The number of aromatic nitrogens is 4. The molecule has 9 nitrogen and oxygen atoms in total. The van der Waals surface area contributed by atoms with Crippen LogP contribution in [0.2, 0.25) is 0 Å². The zero-order valence-corrected chi connectivity index (χ0v) is 22.5. The van der Waals surface area contributed by atoms with Crippen molar-refractivity contribution in [1.29, 1.82) is 0 Å². The highest BCUT2D eigenvalue weighted by Gasteiger charge is 2.29. The molecular formula is C26H33N5O4S. The number of anilines is 1. The van der Waals surface area contributed by atoms with Crippen molar-refractivity contribution >= 4 is 28.2 Å². The van der Waals surface area contributed by atoms with E-state index in [0.717, 1.165) is 53.9 Å². The summed E-state index contributed by atoms with van der Waals surface area (Å²) in [5.74, 6) is -0.552. The van der Waals surface area contributed by atoms with Gasteiger partial charge in [0.2, 0.25) is 11.9 Å². The summed E-state index contributed by atoms with van der Waals surface area (Å²) < 4.78 is 8.30. The zero-order chi connectivity index (χ0) is 26.1. The first-order valence-corrected chi connectivity index (χ1v) is 13.2. The number of fused-ring (bicyclic) bond motifs is 1. The van der Waals surface area contributed by atoms with Crippen molar-refractivity contribution in [1.82, 2.24) is 19.3 Å². The Kier molecular flexibility index (Phi) is 7.44. The van der Waals surface area contributed by atoms with E-state index in [9.17, 15) is 14.4 Å². The number of hydrogen-bond donors (Lipinski definition) is 1. The molecule has 0 fully saturated rings. The fourth-order valence-corrected chi connectivity index (χ4v) is 5.91. The molecule has 0 saturated heterocycles. The minimum atomic E-state index is -0.903. The molecule has 1 N–H and O–H groups in total. The van der Waals surface area contributed by atoms with E-state index in [4.69, 9.17) is 4.74 Å². The van der Waals surface area contributed by atoms with E-state index in [1.54, 1.807) is 32.4 Å². The summed E-state index contributed by atoms with van der Waals surface area (Å²) in [7, 11) is 0. The maximum atomic E-state index is 13.6. The number of rotatable bonds is 6. The van der Waals surface area contributed by atoms with Crippen LogP contribution in [0.15, 0.2) is 10.9 Å². The van der Waals surface area contributed by atoms with Crippen LogP contribution < -0.4 is 10.9 Å². The maximum absolute atomic E-state index is 13.6. The first-order valence-electron chi connectivity index (χ1n) is 12.4. The molecule has 0 aromatic carbocycles. The Labute approximate surface area is 214 Å². The van der Waals surface area contributed by atoms with E-state index < -0.39 is 17.9 Å². The van der Waals surface area contributed by atoms with Crippen LogP contribution >= 0.6 is 11.3 Å². The SMILES string of the molecule is CCOC(=O)c1c(NC(=O)C(C)n2c(-n3nc(C)cc3C)nc(C)c(C)c2=O)sc2c1CCCCC2. The molecule has 3 aromatic heterocycles. The highest BCUT2D eigenvalue weighted by Crippen LogP contribution is 2.38. The number of ether oxygens (including phenoxy) is 1. The van der Waals surface area contributed by atoms with E-state index in [0.29, 0.717) is 21.8 Å². The molecule has 10 heteroatoms. The Morgan fingerprint density at radius 3 is 2.56 bits per heavy atom. The lowest BCUT2D eigenvalue weighted by atomic mass is 10.1. The second-order valence-electron chi connectivity index (χ2n) is 9.29. The molecule has 4 rings (SSSR count). The van der Waals surface area contributed by atoms with Gasteiger partial charge in [-0.15, -0.1) is 11.3 Å². The van der Waals surface area contributed by atoms with Crippen molar-refractivity contribution in [2.24, 2.45) is 0 Å². The van der Waals surface area contributed by atoms with Crippen LogP contribution in [0.3, 0.4) is 0 Å². The Bertz CT molecular complexity index is 1380. The number of thiophene rings is 1. The van der Waals surface area contributed by atoms with Gasteiger partial charge in [-0.2, -0.15) is 5.10 Å². The van der Waals surface area contributed by atoms with Crippen molar-refractivity contribution in [3.8, 4) is 5.95 Å². The number of hydrogen-bond acceptors (Lipinski definition) is 7. The van der Waals surface area contributed by atoms with Crippen molar-refractivity contribution in [2.75, 3.05) is 11.9 Å². The number of nitrogens with zero attached hydrogens (tertiary/aromatic N) is 4. The van der Waals surface area contributed by atoms with Gasteiger partial charge in [-0.3, -0.25) is 14.2 Å². The molecule has 192 valence electrons. The summed E-state index contributed by atoms with van der Waals surface area (Å²) in [5.41, 5.74) is 3.75. The number of esters is 1. The van der Waals surface area contributed by atoms with Gasteiger partial charge in [0.05, 0.1) is 17.9 Å². The normalized spacial score (nSPS) is 14.2. The van der Waals surface area contributed by atoms with Gasteiger partial charge in [0.25, 0.3) is 5.56 Å². The number of amides is 1. The molecule has 1 unspecified atom stereocenters. The summed E-state index contributed by atoms with van der Waals surface area (Å²) in [5, 5.41) is 7.92. The van der Waals surface area contributed by atoms with E-state index >= 15 is 0 Å². The van der Waals surface area contributed by atoms with Gasteiger partial charge in [0, 0.05) is 21.8 Å². The third-order valence-corrected chi connectivity index (χ3v) is 7.88. The summed E-state index contributed by atoms with van der Waals surface area (Å²) in [6.45, 7) is 10.9. The zero-order valence-electron chi connectivity index (χ0n) is 21.7. The van der Waals surface area contributed by atoms with Crippen LogP contribution in [-0.2, 0) is 22.4 Å². The van der Waals surface area contributed by atoms with Crippen molar-refractivity contribution in [2.45, 2.75) is 79.7 Å². The molecule has 0 aliphatic heterocycles. The van der Waals surface area contributed by atoms with Crippen LogP contribution in [0.4, 0.5) is 5.00 Å². The molecule has 3 aromatic rings. The molecular weight excluding hydrogens is 478 g/mol. The lowest BCUT2D eigenvalue weighted by Gasteiger charge is -2.20. The fraction of sp³-hybridized carbons (Fsp3) is 0.500. The van der Waals surface area contributed by atoms with Crippen LogP contribution in [0.5, 0.6) is 0 Å². The number of aryl methyl sites for hydroxylation is 4. The molecule has 1 atom stereocenters. The minimum Gasteiger partial charge on any atom is -0.462 e. The molecule has 0 bridgehead atoms. The van der Waals surface area contributed by atoms with Crippen LogP contribution in [-0.4, -0.2) is 37.8 Å². The fourth-order valence-electron chi connectivity index (χ4n) is 4.63. The highest BCUT2D eigenvalue weighted by atomic mass is 32.1. The molecule has 0 saturated carbocycles. The first kappa shape index (κ1) is 25.8. The third kappa shape index (κ3) is 4.74. The van der Waals surface area contributed by atoms with E-state index in [2.05, 4.69) is 15.4 Å². The quantitative estimate of drug-likeness (QED) is 0.389. The van der Waals surface area contributed by atoms with Crippen LogP contribution in [0.25, 0.3) is 5.95 Å². The average Bonchev–Trinajstić information content (AvgIpc) is 3.25. The smallest absolute Gasteiger partial charge is 0.341 e. The van der Waals surface area contributed by atoms with E-state index in [1.165, 1.54) is 15.9 Å². The highest BCUT2D eigenvalue weighted by molar-refractivity contribution is 7.17. The third-order valence-electron chi connectivity index (χ3n) is 6.67. The Hall–Kier alpha value is -3.27. The second-order valence-corrected chi connectivity index (χ2v) is 10.4. The van der Waals surface area contributed by atoms with Crippen LogP contribution in [0.1, 0.15) is 82.6 Å². The van der Waals surface area contributed by atoms with Crippen molar-refractivity contribution < 1.29 is 14.3 Å². The van der Waals surface area contributed by atoms with Crippen molar-refractivity contribution in [3.05, 3.63) is 55.1 Å². The molecule has 36 heavy (non-hydrogen) atoms. The molecule has 1 aliphatic rings. The lowest BCUT2D eigenvalue weighted by Crippen LogP contribution is -2.36. The Morgan fingerprint density at radius 2 is 1.89 bits per heavy atom. The molecule has 0 spiro atoms. The maximum Gasteiger partial charge on any atom is 0.341 e. The van der Waals surface area contributed by atoms with Crippen LogP contribution in [0, 0.1) is 27.7 Å².